The number of nitrogens with one attached hydrogen (secondary N) is 1. The fourth-order valence-corrected chi connectivity index (χ4v) is 3.42. The Labute approximate surface area is 120 Å². The Morgan fingerprint density at radius 1 is 1.20 bits per heavy atom. The molecular formula is C16H25N3O. The van der Waals surface area contributed by atoms with Gasteiger partial charge in [-0.15, -0.1) is 0 Å². The molecule has 0 unspecified atom stereocenters. The number of hydrogen-bond acceptors (Lipinski definition) is 3. The minimum absolute atomic E-state index is 0.0603. The average Bonchev–Trinajstić information content (AvgIpc) is 2.81. The van der Waals surface area contributed by atoms with Crippen LogP contribution in [0.25, 0.3) is 0 Å². The zero-order valence-corrected chi connectivity index (χ0v) is 12.8. The number of Topliss-reactive ketones (excluding diaryl/α,β-unsaturated/α-hetero) is 1. The van der Waals surface area contributed by atoms with Gasteiger partial charge in [-0.3, -0.25) is 9.48 Å². The van der Waals surface area contributed by atoms with E-state index in [1.807, 2.05) is 0 Å². The third kappa shape index (κ3) is 2.30. The van der Waals surface area contributed by atoms with Crippen LogP contribution >= 0.6 is 0 Å². The van der Waals surface area contributed by atoms with Crippen molar-refractivity contribution in [2.45, 2.75) is 64.3 Å². The summed E-state index contributed by atoms with van der Waals surface area (Å²) in [6.45, 7) is 8.58. The van der Waals surface area contributed by atoms with E-state index < -0.39 is 0 Å². The summed E-state index contributed by atoms with van der Waals surface area (Å²) in [7, 11) is 0. The molecular weight excluding hydrogens is 250 g/mol. The van der Waals surface area contributed by atoms with Crippen LogP contribution in [0.15, 0.2) is 0 Å². The molecule has 0 radical (unpaired) electrons. The fourth-order valence-electron chi connectivity index (χ4n) is 3.42. The number of nitrogens with zero attached hydrogens (tertiary/aromatic N) is 2. The van der Waals surface area contributed by atoms with E-state index in [0.717, 1.165) is 50.0 Å². The minimum atomic E-state index is -0.0603. The average molecular weight is 275 g/mol. The highest BCUT2D eigenvalue weighted by molar-refractivity contribution is 5.99. The zero-order valence-electron chi connectivity index (χ0n) is 12.8. The third-order valence-electron chi connectivity index (χ3n) is 4.47. The molecule has 0 aromatic carbocycles. The Hall–Kier alpha value is -1.16. The maximum atomic E-state index is 12.4. The van der Waals surface area contributed by atoms with Gasteiger partial charge in [-0.05, 0) is 38.8 Å². The van der Waals surface area contributed by atoms with Crippen molar-refractivity contribution in [3.05, 3.63) is 17.0 Å². The number of ketones is 1. The summed E-state index contributed by atoms with van der Waals surface area (Å²) in [5, 5.41) is 8.31. The molecule has 4 nitrogen and oxygen atoms in total. The summed E-state index contributed by atoms with van der Waals surface area (Å²) in [5.41, 5.74) is 3.10. The summed E-state index contributed by atoms with van der Waals surface area (Å²) < 4.78 is 2.20. The third-order valence-corrected chi connectivity index (χ3v) is 4.47. The quantitative estimate of drug-likeness (QED) is 0.857. The number of carbonyl (C=O) groups excluding carboxylic acids is 1. The van der Waals surface area contributed by atoms with Crippen molar-refractivity contribution in [2.75, 3.05) is 13.1 Å². The van der Waals surface area contributed by atoms with Crippen LogP contribution in [0, 0.1) is 0 Å². The Morgan fingerprint density at radius 3 is 2.55 bits per heavy atom. The van der Waals surface area contributed by atoms with Crippen molar-refractivity contribution >= 4 is 5.78 Å². The zero-order chi connectivity index (χ0) is 14.3. The molecule has 0 saturated carbocycles. The maximum absolute atomic E-state index is 12.4. The summed E-state index contributed by atoms with van der Waals surface area (Å²) in [4.78, 5) is 12.4. The lowest BCUT2D eigenvalue weighted by Crippen LogP contribution is -2.31. The van der Waals surface area contributed by atoms with Crippen LogP contribution in [0.1, 0.15) is 74.2 Å². The van der Waals surface area contributed by atoms with Gasteiger partial charge in [0.05, 0.1) is 17.3 Å². The van der Waals surface area contributed by atoms with Crippen LogP contribution in [-0.4, -0.2) is 28.7 Å². The molecule has 2 heterocycles. The van der Waals surface area contributed by atoms with Crippen molar-refractivity contribution in [1.82, 2.24) is 15.1 Å². The minimum Gasteiger partial charge on any atom is -0.317 e. The van der Waals surface area contributed by atoms with Crippen molar-refractivity contribution in [3.8, 4) is 0 Å². The predicted octanol–water partition coefficient (Wildman–Crippen LogP) is 2.62. The number of fused-ring (bicyclic) bond motifs is 1. The van der Waals surface area contributed by atoms with E-state index >= 15 is 0 Å². The number of carbonyl (C=O) groups is 1. The van der Waals surface area contributed by atoms with Crippen LogP contribution in [0.2, 0.25) is 0 Å². The molecule has 1 saturated heterocycles. The Bertz CT molecular complexity index is 519. The van der Waals surface area contributed by atoms with Gasteiger partial charge >= 0.3 is 0 Å². The molecule has 0 bridgehead atoms. The van der Waals surface area contributed by atoms with Crippen LogP contribution in [-0.2, 0) is 11.8 Å². The largest absolute Gasteiger partial charge is 0.317 e. The molecule has 0 atom stereocenters. The SMILES string of the molecule is CC(C)(C)c1nn(C2CCNCC2)c2c1C(=O)CCC2. The van der Waals surface area contributed by atoms with Crippen LogP contribution in [0.3, 0.4) is 0 Å². The lowest BCUT2D eigenvalue weighted by atomic mass is 9.84. The number of piperidine rings is 1. The molecule has 0 spiro atoms. The smallest absolute Gasteiger partial charge is 0.166 e. The maximum Gasteiger partial charge on any atom is 0.166 e. The lowest BCUT2D eigenvalue weighted by Gasteiger charge is -2.25. The number of rotatable bonds is 1. The Kier molecular flexibility index (Phi) is 3.44. The molecule has 1 aliphatic carbocycles. The van der Waals surface area contributed by atoms with Gasteiger partial charge < -0.3 is 5.32 Å². The van der Waals surface area contributed by atoms with E-state index in [4.69, 9.17) is 5.10 Å². The first kappa shape index (κ1) is 13.8. The van der Waals surface area contributed by atoms with Gasteiger partial charge in [0.25, 0.3) is 0 Å². The van der Waals surface area contributed by atoms with E-state index in [9.17, 15) is 4.79 Å². The van der Waals surface area contributed by atoms with Gasteiger partial charge in [-0.2, -0.15) is 5.10 Å². The van der Waals surface area contributed by atoms with Gasteiger partial charge in [0.15, 0.2) is 5.78 Å². The monoisotopic (exact) mass is 275 g/mol. The molecule has 0 amide bonds. The highest BCUT2D eigenvalue weighted by Crippen LogP contribution is 2.34. The van der Waals surface area contributed by atoms with Crippen LogP contribution < -0.4 is 5.32 Å². The summed E-state index contributed by atoms with van der Waals surface area (Å²) in [6.07, 6.45) is 4.91. The van der Waals surface area contributed by atoms with Crippen LogP contribution in [0.4, 0.5) is 0 Å². The van der Waals surface area contributed by atoms with E-state index in [0.29, 0.717) is 18.2 Å². The molecule has 1 aliphatic heterocycles. The van der Waals surface area contributed by atoms with Gasteiger partial charge in [-0.25, -0.2) is 0 Å². The van der Waals surface area contributed by atoms with Crippen molar-refractivity contribution in [1.29, 1.82) is 0 Å². The molecule has 2 aliphatic rings. The molecule has 1 aromatic heterocycles. The molecule has 1 aromatic rings. The molecule has 20 heavy (non-hydrogen) atoms. The Morgan fingerprint density at radius 2 is 1.90 bits per heavy atom. The number of aromatic nitrogens is 2. The topological polar surface area (TPSA) is 46.9 Å². The molecule has 1 N–H and O–H groups in total. The van der Waals surface area contributed by atoms with E-state index in [1.165, 1.54) is 5.69 Å². The summed E-state index contributed by atoms with van der Waals surface area (Å²) in [6, 6.07) is 0.465. The number of hydrogen-bond donors (Lipinski definition) is 1. The second-order valence-electron chi connectivity index (χ2n) is 7.12. The molecule has 110 valence electrons. The van der Waals surface area contributed by atoms with Crippen molar-refractivity contribution in [2.24, 2.45) is 0 Å². The second kappa shape index (κ2) is 4.99. The highest BCUT2D eigenvalue weighted by atomic mass is 16.1. The molecule has 4 heteroatoms. The second-order valence-corrected chi connectivity index (χ2v) is 7.12. The van der Waals surface area contributed by atoms with E-state index in [1.54, 1.807) is 0 Å². The first-order valence-corrected chi connectivity index (χ1v) is 7.84. The van der Waals surface area contributed by atoms with Crippen molar-refractivity contribution in [3.63, 3.8) is 0 Å². The first-order chi connectivity index (χ1) is 9.48. The van der Waals surface area contributed by atoms with Gasteiger partial charge in [-0.1, -0.05) is 20.8 Å². The normalized spacial score (nSPS) is 21.1. The van der Waals surface area contributed by atoms with Crippen molar-refractivity contribution < 1.29 is 4.79 Å². The fraction of sp³-hybridized carbons (Fsp3) is 0.750. The first-order valence-electron chi connectivity index (χ1n) is 7.84. The summed E-state index contributed by atoms with van der Waals surface area (Å²) >= 11 is 0. The van der Waals surface area contributed by atoms with Gasteiger partial charge in [0.2, 0.25) is 0 Å². The molecule has 3 rings (SSSR count). The highest BCUT2D eigenvalue weighted by Gasteiger charge is 2.34. The summed E-state index contributed by atoms with van der Waals surface area (Å²) in [5.74, 6) is 0.302. The molecule has 1 fully saturated rings. The van der Waals surface area contributed by atoms with Gasteiger partial charge in [0, 0.05) is 17.5 Å². The van der Waals surface area contributed by atoms with E-state index in [-0.39, 0.29) is 5.41 Å². The Balaban J connectivity index is 2.09. The predicted molar refractivity (Wildman–Crippen MR) is 79.3 cm³/mol. The van der Waals surface area contributed by atoms with E-state index in [2.05, 4.69) is 30.8 Å². The lowest BCUT2D eigenvalue weighted by molar-refractivity contribution is 0.0969. The van der Waals surface area contributed by atoms with Gasteiger partial charge in [0.1, 0.15) is 0 Å². The van der Waals surface area contributed by atoms with Crippen LogP contribution in [0.5, 0.6) is 0 Å². The standard InChI is InChI=1S/C16H25N3O/c1-16(2,3)15-14-12(5-4-6-13(14)20)19(18-15)11-7-9-17-10-8-11/h11,17H,4-10H2,1-3H3.